The minimum Gasteiger partial charge on any atom is -0.353 e. The van der Waals surface area contributed by atoms with Crippen molar-refractivity contribution < 1.29 is 4.79 Å². The maximum absolute atomic E-state index is 12.5. The predicted octanol–water partition coefficient (Wildman–Crippen LogP) is 1.76. The number of carbonyl (C=O) groups excluding carboxylic acids is 1. The van der Waals surface area contributed by atoms with Crippen molar-refractivity contribution in [2.75, 3.05) is 18.0 Å². The second-order valence-electron chi connectivity index (χ2n) is 6.77. The van der Waals surface area contributed by atoms with Crippen LogP contribution in [0.5, 0.6) is 0 Å². The highest BCUT2D eigenvalue weighted by Gasteiger charge is 2.22. The van der Waals surface area contributed by atoms with Crippen LogP contribution in [0.1, 0.15) is 24.1 Å². The van der Waals surface area contributed by atoms with E-state index in [0.717, 1.165) is 48.7 Å². The summed E-state index contributed by atoms with van der Waals surface area (Å²) in [6.45, 7) is 3.72. The molecule has 0 radical (unpaired) electrons. The van der Waals surface area contributed by atoms with Gasteiger partial charge in [-0.3, -0.25) is 4.79 Å². The van der Waals surface area contributed by atoms with E-state index in [9.17, 15) is 4.79 Å². The van der Waals surface area contributed by atoms with Crippen molar-refractivity contribution in [1.82, 2.24) is 24.9 Å². The lowest BCUT2D eigenvalue weighted by Gasteiger charge is -2.33. The Kier molecular flexibility index (Phi) is 4.51. The Morgan fingerprint density at radius 1 is 1.35 bits per heavy atom. The second kappa shape index (κ2) is 7.11. The first-order valence-corrected chi connectivity index (χ1v) is 8.94. The summed E-state index contributed by atoms with van der Waals surface area (Å²) in [5, 5.41) is 11.3. The molecule has 3 aromatic heterocycles. The topological polar surface area (TPSA) is 75.4 Å². The Balaban J connectivity index is 1.38. The Hall–Kier alpha value is -2.96. The summed E-state index contributed by atoms with van der Waals surface area (Å²) >= 11 is 0. The Bertz CT molecular complexity index is 907. The molecule has 0 spiro atoms. The number of aromatic nitrogens is 4. The third kappa shape index (κ3) is 3.51. The number of imidazole rings is 1. The number of hydrogen-bond acceptors (Lipinski definition) is 5. The summed E-state index contributed by atoms with van der Waals surface area (Å²) in [5.74, 6) is 0.874. The fourth-order valence-corrected chi connectivity index (χ4v) is 3.50. The Morgan fingerprint density at radius 2 is 2.27 bits per heavy atom. The minimum atomic E-state index is 0.0112. The van der Waals surface area contributed by atoms with E-state index in [1.807, 2.05) is 48.0 Å². The van der Waals surface area contributed by atoms with Gasteiger partial charge >= 0.3 is 0 Å². The van der Waals surface area contributed by atoms with Crippen molar-refractivity contribution in [2.24, 2.45) is 0 Å². The van der Waals surface area contributed by atoms with Gasteiger partial charge < -0.3 is 14.6 Å². The number of aryl methyl sites for hydroxylation is 1. The minimum absolute atomic E-state index is 0.0112. The van der Waals surface area contributed by atoms with Crippen molar-refractivity contribution in [1.29, 1.82) is 0 Å². The highest BCUT2D eigenvalue weighted by atomic mass is 16.1. The summed E-state index contributed by atoms with van der Waals surface area (Å²) in [6, 6.07) is 7.97. The number of carbonyl (C=O) groups is 1. The molecule has 7 heteroatoms. The summed E-state index contributed by atoms with van der Waals surface area (Å²) in [5.41, 5.74) is 2.80. The van der Waals surface area contributed by atoms with Crippen LogP contribution in [0.25, 0.3) is 5.65 Å². The predicted molar refractivity (Wildman–Crippen MR) is 99.0 cm³/mol. The summed E-state index contributed by atoms with van der Waals surface area (Å²) in [4.78, 5) is 19.2. The average molecular weight is 350 g/mol. The SMILES string of the molecule is Cc1cccn2cc(CC(=O)NC3CCCN(c4cccnn4)C3)nc12. The molecule has 134 valence electrons. The summed E-state index contributed by atoms with van der Waals surface area (Å²) < 4.78 is 1.97. The molecule has 1 aliphatic rings. The zero-order valence-electron chi connectivity index (χ0n) is 14.8. The number of rotatable bonds is 4. The molecule has 1 fully saturated rings. The van der Waals surface area contributed by atoms with Crippen LogP contribution >= 0.6 is 0 Å². The number of hydrogen-bond donors (Lipinski definition) is 1. The number of pyridine rings is 1. The molecule has 4 heterocycles. The molecule has 4 rings (SSSR count). The monoisotopic (exact) mass is 350 g/mol. The van der Waals surface area contributed by atoms with E-state index in [1.165, 1.54) is 0 Å². The molecule has 0 saturated carbocycles. The number of nitrogens with one attached hydrogen (secondary N) is 1. The van der Waals surface area contributed by atoms with Gasteiger partial charge in [-0.25, -0.2) is 4.98 Å². The number of nitrogens with zero attached hydrogens (tertiary/aromatic N) is 5. The van der Waals surface area contributed by atoms with E-state index in [0.29, 0.717) is 6.42 Å². The molecule has 1 saturated heterocycles. The van der Waals surface area contributed by atoms with E-state index in [1.54, 1.807) is 6.20 Å². The fourth-order valence-electron chi connectivity index (χ4n) is 3.50. The van der Waals surface area contributed by atoms with Gasteiger partial charge in [0.2, 0.25) is 5.91 Å². The van der Waals surface area contributed by atoms with Gasteiger partial charge in [-0.2, -0.15) is 5.10 Å². The van der Waals surface area contributed by atoms with Gasteiger partial charge in [-0.05, 0) is 43.5 Å². The quantitative estimate of drug-likeness (QED) is 0.776. The van der Waals surface area contributed by atoms with Crippen LogP contribution in [0.2, 0.25) is 0 Å². The average Bonchev–Trinajstić information content (AvgIpc) is 3.06. The van der Waals surface area contributed by atoms with Crippen molar-refractivity contribution in [2.45, 2.75) is 32.2 Å². The van der Waals surface area contributed by atoms with E-state index in [-0.39, 0.29) is 11.9 Å². The lowest BCUT2D eigenvalue weighted by atomic mass is 10.1. The first kappa shape index (κ1) is 16.5. The summed E-state index contributed by atoms with van der Waals surface area (Å²) in [7, 11) is 0. The van der Waals surface area contributed by atoms with Crippen LogP contribution < -0.4 is 10.2 Å². The van der Waals surface area contributed by atoms with E-state index < -0.39 is 0 Å². The molecule has 1 N–H and O–H groups in total. The lowest BCUT2D eigenvalue weighted by molar-refractivity contribution is -0.121. The van der Waals surface area contributed by atoms with Gasteiger partial charge in [0.15, 0.2) is 5.82 Å². The molecule has 1 unspecified atom stereocenters. The van der Waals surface area contributed by atoms with Gasteiger partial charge in [0.25, 0.3) is 0 Å². The molecule has 26 heavy (non-hydrogen) atoms. The third-order valence-corrected chi connectivity index (χ3v) is 4.74. The maximum Gasteiger partial charge on any atom is 0.226 e. The van der Waals surface area contributed by atoms with Gasteiger partial charge in [-0.15, -0.1) is 5.10 Å². The molecular formula is C19H22N6O. The van der Waals surface area contributed by atoms with E-state index >= 15 is 0 Å². The van der Waals surface area contributed by atoms with Crippen molar-refractivity contribution >= 4 is 17.4 Å². The lowest BCUT2D eigenvalue weighted by Crippen LogP contribution is -2.48. The van der Waals surface area contributed by atoms with Gasteiger partial charge in [0.05, 0.1) is 12.1 Å². The highest BCUT2D eigenvalue weighted by Crippen LogP contribution is 2.17. The first-order chi connectivity index (χ1) is 12.7. The van der Waals surface area contributed by atoms with Gasteiger partial charge in [0, 0.05) is 37.7 Å². The highest BCUT2D eigenvalue weighted by molar-refractivity contribution is 5.78. The van der Waals surface area contributed by atoms with Gasteiger partial charge in [0.1, 0.15) is 5.65 Å². The van der Waals surface area contributed by atoms with Crippen LogP contribution in [0, 0.1) is 6.92 Å². The molecule has 1 amide bonds. The first-order valence-electron chi connectivity index (χ1n) is 8.94. The van der Waals surface area contributed by atoms with Crippen LogP contribution in [0.3, 0.4) is 0 Å². The molecule has 0 aliphatic carbocycles. The molecule has 0 aromatic carbocycles. The molecule has 7 nitrogen and oxygen atoms in total. The number of fused-ring (bicyclic) bond motifs is 1. The van der Waals surface area contributed by atoms with Crippen LogP contribution in [0.15, 0.2) is 42.9 Å². The van der Waals surface area contributed by atoms with Crippen molar-refractivity contribution in [3.63, 3.8) is 0 Å². The van der Waals surface area contributed by atoms with Crippen molar-refractivity contribution in [3.8, 4) is 0 Å². The van der Waals surface area contributed by atoms with Crippen LogP contribution in [-0.2, 0) is 11.2 Å². The normalized spacial score (nSPS) is 17.4. The molecule has 1 atom stereocenters. The zero-order chi connectivity index (χ0) is 17.9. The molecular weight excluding hydrogens is 328 g/mol. The van der Waals surface area contributed by atoms with Crippen LogP contribution in [-0.4, -0.2) is 44.6 Å². The maximum atomic E-state index is 12.5. The molecule has 0 bridgehead atoms. The van der Waals surface area contributed by atoms with Gasteiger partial charge in [-0.1, -0.05) is 6.07 Å². The summed E-state index contributed by atoms with van der Waals surface area (Å²) in [6.07, 6.45) is 7.85. The largest absolute Gasteiger partial charge is 0.353 e. The molecule has 1 aliphatic heterocycles. The Labute approximate surface area is 152 Å². The zero-order valence-corrected chi connectivity index (χ0v) is 14.8. The molecule has 3 aromatic rings. The van der Waals surface area contributed by atoms with Crippen LogP contribution in [0.4, 0.5) is 5.82 Å². The van der Waals surface area contributed by atoms with Crippen molar-refractivity contribution in [3.05, 3.63) is 54.1 Å². The van der Waals surface area contributed by atoms with E-state index in [4.69, 9.17) is 0 Å². The second-order valence-corrected chi connectivity index (χ2v) is 6.77. The smallest absolute Gasteiger partial charge is 0.226 e. The standard InChI is InChI=1S/C19H22N6O/c1-14-5-3-10-25-13-16(22-19(14)25)11-18(26)21-15-6-4-9-24(12-15)17-7-2-8-20-23-17/h2-3,5,7-8,10,13,15H,4,6,9,11-12H2,1H3,(H,21,26). The third-order valence-electron chi connectivity index (χ3n) is 4.74. The number of piperidine rings is 1. The Morgan fingerprint density at radius 3 is 3.08 bits per heavy atom. The fraction of sp³-hybridized carbons (Fsp3) is 0.368. The number of anilines is 1. The van der Waals surface area contributed by atoms with E-state index in [2.05, 4.69) is 25.4 Å². The number of amides is 1.